The second-order valence-corrected chi connectivity index (χ2v) is 6.36. The molecule has 0 aromatic heterocycles. The van der Waals surface area contributed by atoms with E-state index in [1.54, 1.807) is 0 Å². The number of hydrogen-bond donors (Lipinski definition) is 1. The number of benzene rings is 1. The molecular weight excluding hydrogens is 262 g/mol. The van der Waals surface area contributed by atoms with Crippen LogP contribution in [0.1, 0.15) is 36.9 Å². The molecule has 2 aliphatic rings. The molecule has 4 heteroatoms. The first-order chi connectivity index (χ1) is 9.01. The van der Waals surface area contributed by atoms with Crippen LogP contribution in [0.3, 0.4) is 0 Å². The van der Waals surface area contributed by atoms with Crippen LogP contribution in [-0.2, 0) is 11.2 Å². The molecule has 0 amide bonds. The van der Waals surface area contributed by atoms with Gasteiger partial charge in [-0.3, -0.25) is 9.69 Å². The molecule has 1 aliphatic carbocycles. The van der Waals surface area contributed by atoms with Crippen molar-refractivity contribution < 1.29 is 9.90 Å². The van der Waals surface area contributed by atoms with E-state index in [2.05, 4.69) is 11.0 Å². The van der Waals surface area contributed by atoms with Gasteiger partial charge in [-0.1, -0.05) is 23.7 Å². The van der Waals surface area contributed by atoms with Gasteiger partial charge in [-0.05, 0) is 49.9 Å². The Hall–Kier alpha value is -1.06. The van der Waals surface area contributed by atoms with E-state index in [0.717, 1.165) is 30.8 Å². The van der Waals surface area contributed by atoms with E-state index in [-0.39, 0.29) is 0 Å². The van der Waals surface area contributed by atoms with Crippen LogP contribution >= 0.6 is 11.6 Å². The summed E-state index contributed by atoms with van der Waals surface area (Å²) in [7, 11) is 0. The van der Waals surface area contributed by atoms with Crippen LogP contribution in [0.2, 0.25) is 5.02 Å². The fourth-order valence-electron chi connectivity index (χ4n) is 3.40. The minimum absolute atomic E-state index is 0.342. The van der Waals surface area contributed by atoms with Crippen molar-refractivity contribution in [2.75, 3.05) is 13.1 Å². The minimum atomic E-state index is -0.681. The second kappa shape index (κ2) is 4.50. The molecule has 3 nitrogen and oxygen atoms in total. The Kier molecular flexibility index (Phi) is 3.06. The van der Waals surface area contributed by atoms with Crippen molar-refractivity contribution in [2.45, 2.75) is 32.2 Å². The number of aliphatic carboxylic acids is 1. The van der Waals surface area contributed by atoms with E-state index in [1.165, 1.54) is 11.1 Å². The van der Waals surface area contributed by atoms with E-state index in [1.807, 2.05) is 19.1 Å². The summed E-state index contributed by atoms with van der Waals surface area (Å²) in [5, 5.41) is 10.2. The summed E-state index contributed by atoms with van der Waals surface area (Å²) in [6, 6.07) is 6.41. The monoisotopic (exact) mass is 279 g/mol. The highest BCUT2D eigenvalue weighted by molar-refractivity contribution is 6.31. The number of hydrogen-bond acceptors (Lipinski definition) is 2. The highest BCUT2D eigenvalue weighted by atomic mass is 35.5. The lowest BCUT2D eigenvalue weighted by molar-refractivity contribution is -0.147. The lowest BCUT2D eigenvalue weighted by Crippen LogP contribution is -2.33. The lowest BCUT2D eigenvalue weighted by Gasteiger charge is -2.26. The minimum Gasteiger partial charge on any atom is -0.481 e. The van der Waals surface area contributed by atoms with Crippen molar-refractivity contribution in [3.05, 3.63) is 34.3 Å². The largest absolute Gasteiger partial charge is 0.481 e. The average molecular weight is 280 g/mol. The maximum atomic E-state index is 11.3. The van der Waals surface area contributed by atoms with E-state index >= 15 is 0 Å². The first-order valence-corrected chi connectivity index (χ1v) is 7.14. The van der Waals surface area contributed by atoms with E-state index in [9.17, 15) is 9.90 Å². The van der Waals surface area contributed by atoms with Crippen LogP contribution in [-0.4, -0.2) is 29.1 Å². The van der Waals surface area contributed by atoms with Crippen LogP contribution in [0.4, 0.5) is 0 Å². The van der Waals surface area contributed by atoms with Crippen molar-refractivity contribution in [1.82, 2.24) is 4.90 Å². The fraction of sp³-hybridized carbons (Fsp3) is 0.533. The molecule has 1 aromatic rings. The van der Waals surface area contributed by atoms with Crippen LogP contribution in [0.5, 0.6) is 0 Å². The summed E-state index contributed by atoms with van der Waals surface area (Å²) in [5.74, 6) is -0.681. The number of nitrogens with zero attached hydrogens (tertiary/aromatic N) is 1. The van der Waals surface area contributed by atoms with E-state index in [4.69, 9.17) is 11.6 Å². The fourth-order valence-corrected chi connectivity index (χ4v) is 3.68. The third kappa shape index (κ3) is 2.05. The SMILES string of the molecule is CC1(C(=O)O)CCN(C2CCc3c(Cl)cccc32)C1. The van der Waals surface area contributed by atoms with Crippen LogP contribution in [0.25, 0.3) is 0 Å². The number of likely N-dealkylation sites (tertiary alicyclic amines) is 1. The van der Waals surface area contributed by atoms with Gasteiger partial charge in [0.05, 0.1) is 5.41 Å². The van der Waals surface area contributed by atoms with Gasteiger partial charge in [-0.25, -0.2) is 0 Å². The first kappa shape index (κ1) is 12.9. The van der Waals surface area contributed by atoms with Crippen molar-refractivity contribution in [2.24, 2.45) is 5.41 Å². The molecule has 1 saturated heterocycles. The standard InChI is InChI=1S/C15H18ClNO2/c1-15(14(18)19)7-8-17(9-15)13-6-5-10-11(13)3-2-4-12(10)16/h2-4,13H,5-9H2,1H3,(H,18,19). The van der Waals surface area contributed by atoms with E-state index < -0.39 is 11.4 Å². The quantitative estimate of drug-likeness (QED) is 0.904. The highest BCUT2D eigenvalue weighted by Gasteiger charge is 2.43. The molecule has 0 bridgehead atoms. The molecule has 1 fully saturated rings. The molecule has 1 N–H and O–H groups in total. The summed E-state index contributed by atoms with van der Waals surface area (Å²) in [5.41, 5.74) is 1.95. The maximum absolute atomic E-state index is 11.3. The van der Waals surface area contributed by atoms with Crippen LogP contribution in [0.15, 0.2) is 18.2 Å². The molecular formula is C15H18ClNO2. The van der Waals surface area contributed by atoms with Gasteiger partial charge in [0, 0.05) is 17.6 Å². The smallest absolute Gasteiger partial charge is 0.310 e. The van der Waals surface area contributed by atoms with Gasteiger partial charge in [-0.2, -0.15) is 0 Å². The Morgan fingerprint density at radius 2 is 2.32 bits per heavy atom. The number of rotatable bonds is 2. The van der Waals surface area contributed by atoms with Gasteiger partial charge in [0.15, 0.2) is 0 Å². The summed E-state index contributed by atoms with van der Waals surface area (Å²) >= 11 is 6.24. The van der Waals surface area contributed by atoms with Gasteiger partial charge >= 0.3 is 5.97 Å². The average Bonchev–Trinajstić information content (AvgIpc) is 2.94. The molecule has 2 atom stereocenters. The maximum Gasteiger partial charge on any atom is 0.310 e. The van der Waals surface area contributed by atoms with E-state index in [0.29, 0.717) is 12.6 Å². The summed E-state index contributed by atoms with van der Waals surface area (Å²) in [6.07, 6.45) is 2.78. The summed E-state index contributed by atoms with van der Waals surface area (Å²) in [6.45, 7) is 3.35. The molecule has 1 heterocycles. The molecule has 1 aliphatic heterocycles. The number of carboxylic acid groups (broad SMARTS) is 1. The number of carbonyl (C=O) groups is 1. The molecule has 3 rings (SSSR count). The zero-order valence-corrected chi connectivity index (χ0v) is 11.8. The molecule has 102 valence electrons. The van der Waals surface area contributed by atoms with Crippen molar-refractivity contribution in [3.8, 4) is 0 Å². The summed E-state index contributed by atoms with van der Waals surface area (Å²) < 4.78 is 0. The van der Waals surface area contributed by atoms with Crippen LogP contribution < -0.4 is 0 Å². The highest BCUT2D eigenvalue weighted by Crippen LogP contribution is 2.43. The third-order valence-electron chi connectivity index (χ3n) is 4.64. The third-order valence-corrected chi connectivity index (χ3v) is 5.00. The molecule has 19 heavy (non-hydrogen) atoms. The second-order valence-electron chi connectivity index (χ2n) is 5.95. The molecule has 0 spiro atoms. The van der Waals surface area contributed by atoms with Crippen LogP contribution in [0, 0.1) is 5.41 Å². The van der Waals surface area contributed by atoms with Gasteiger partial charge < -0.3 is 5.11 Å². The summed E-state index contributed by atoms with van der Waals surface area (Å²) in [4.78, 5) is 13.7. The molecule has 0 saturated carbocycles. The number of fused-ring (bicyclic) bond motifs is 1. The Bertz CT molecular complexity index is 531. The van der Waals surface area contributed by atoms with Gasteiger partial charge in [0.1, 0.15) is 0 Å². The predicted octanol–water partition coefficient (Wildman–Crippen LogP) is 3.12. The van der Waals surface area contributed by atoms with Crippen molar-refractivity contribution in [1.29, 1.82) is 0 Å². The zero-order valence-electron chi connectivity index (χ0n) is 11.0. The normalized spacial score (nSPS) is 30.5. The first-order valence-electron chi connectivity index (χ1n) is 6.76. The molecule has 1 aromatic carbocycles. The molecule has 0 radical (unpaired) electrons. The van der Waals surface area contributed by atoms with Gasteiger partial charge in [-0.15, -0.1) is 0 Å². The topological polar surface area (TPSA) is 40.5 Å². The van der Waals surface area contributed by atoms with Crippen molar-refractivity contribution >= 4 is 17.6 Å². The van der Waals surface area contributed by atoms with Gasteiger partial charge in [0.25, 0.3) is 0 Å². The predicted molar refractivity (Wildman–Crippen MR) is 74.4 cm³/mol. The number of halogens is 1. The Morgan fingerprint density at radius 1 is 1.53 bits per heavy atom. The molecule has 2 unspecified atom stereocenters. The lowest BCUT2D eigenvalue weighted by atomic mass is 9.90. The van der Waals surface area contributed by atoms with Crippen molar-refractivity contribution in [3.63, 3.8) is 0 Å². The van der Waals surface area contributed by atoms with Gasteiger partial charge in [0.2, 0.25) is 0 Å². The Morgan fingerprint density at radius 3 is 3.00 bits per heavy atom. The Labute approximate surface area is 118 Å². The Balaban J connectivity index is 1.84. The zero-order chi connectivity index (χ0) is 13.6. The number of carboxylic acids is 1.